The summed E-state index contributed by atoms with van der Waals surface area (Å²) in [6.45, 7) is 4.46. The molecule has 0 aromatic carbocycles. The predicted molar refractivity (Wildman–Crippen MR) is 53.8 cm³/mol. The smallest absolute Gasteiger partial charge is 0.0675 e. The maximum absolute atomic E-state index is 2.23. The summed E-state index contributed by atoms with van der Waals surface area (Å²) < 4.78 is 1.00. The first-order chi connectivity index (χ1) is 4.91. The number of hydrogen-bond donors (Lipinski definition) is 0. The molecule has 1 heteroatoms. The topological polar surface area (TPSA) is 0 Å². The van der Waals surface area contributed by atoms with Crippen LogP contribution < -0.4 is 0 Å². The minimum atomic E-state index is 1.00. The van der Waals surface area contributed by atoms with Gasteiger partial charge in [-0.05, 0) is 0 Å². The molecule has 0 radical (unpaired) electrons. The normalized spacial score (nSPS) is 10.4. The van der Waals surface area contributed by atoms with Gasteiger partial charge in [0.05, 0.1) is 28.2 Å². The average Bonchev–Trinajstić information content (AvgIpc) is 1.79. The van der Waals surface area contributed by atoms with Crippen molar-refractivity contribution in [2.24, 2.45) is 0 Å². The van der Waals surface area contributed by atoms with Gasteiger partial charge in [-0.3, -0.25) is 0 Å². The molecule has 0 fully saturated rings. The fourth-order valence-corrected chi connectivity index (χ4v) is 0.500. The Labute approximate surface area is 73.0 Å². The van der Waals surface area contributed by atoms with Crippen LogP contribution in [0.25, 0.3) is 0 Å². The second kappa shape index (κ2) is 8.06. The molecular formula is C10H26N+. The second-order valence-electron chi connectivity index (χ2n) is 4.39. The Kier molecular flexibility index (Phi) is 9.92. The zero-order chi connectivity index (χ0) is 9.33. The molecule has 0 aliphatic carbocycles. The molecule has 0 saturated carbocycles. The van der Waals surface area contributed by atoms with Crippen molar-refractivity contribution < 1.29 is 4.48 Å². The monoisotopic (exact) mass is 160 g/mol. The maximum atomic E-state index is 2.23. The lowest BCUT2D eigenvalue weighted by Crippen LogP contribution is -2.27. The van der Waals surface area contributed by atoms with E-state index in [0.29, 0.717) is 0 Å². The molecule has 0 N–H and O–H groups in total. The molecule has 0 spiro atoms. The highest BCUT2D eigenvalue weighted by Crippen LogP contribution is 1.95. The lowest BCUT2D eigenvalue weighted by molar-refractivity contribution is -0.849. The van der Waals surface area contributed by atoms with Gasteiger partial charge in [0.25, 0.3) is 0 Å². The molecule has 0 aromatic rings. The molecule has 0 rings (SSSR count). The zero-order valence-corrected chi connectivity index (χ0v) is 9.28. The minimum absolute atomic E-state index is 1.00. The molecule has 70 valence electrons. The molecule has 0 heterocycles. The molecular weight excluding hydrogens is 134 g/mol. The summed E-state index contributed by atoms with van der Waals surface area (Å²) in [6, 6.07) is 0. The van der Waals surface area contributed by atoms with Crippen LogP contribution in [0, 0.1) is 0 Å². The largest absolute Gasteiger partial charge is 0.333 e. The van der Waals surface area contributed by atoms with Gasteiger partial charge in [-0.15, -0.1) is 0 Å². The van der Waals surface area contributed by atoms with Gasteiger partial charge >= 0.3 is 0 Å². The number of nitrogens with zero attached hydrogens (tertiary/aromatic N) is 1. The van der Waals surface area contributed by atoms with Gasteiger partial charge in [0.15, 0.2) is 0 Å². The van der Waals surface area contributed by atoms with E-state index in [2.05, 4.69) is 42.0 Å². The Morgan fingerprint density at radius 3 is 1.00 bits per heavy atom. The Balaban J connectivity index is 0. The minimum Gasteiger partial charge on any atom is -0.333 e. The van der Waals surface area contributed by atoms with E-state index in [1.165, 1.54) is 25.7 Å². The molecule has 0 aliphatic rings. The number of hydrogen-bond acceptors (Lipinski definition) is 0. The van der Waals surface area contributed by atoms with Crippen molar-refractivity contribution in [2.75, 3.05) is 28.2 Å². The van der Waals surface area contributed by atoms with Crippen molar-refractivity contribution in [1.29, 1.82) is 0 Å². The highest BCUT2D eigenvalue weighted by atomic mass is 15.2. The van der Waals surface area contributed by atoms with Crippen molar-refractivity contribution in [3.63, 3.8) is 0 Å². The van der Waals surface area contributed by atoms with Crippen LogP contribution in [-0.2, 0) is 0 Å². The molecule has 0 unspecified atom stereocenters. The third-order valence-electron chi connectivity index (χ3n) is 0.957. The predicted octanol–water partition coefficient (Wildman–Crippen LogP) is 2.91. The summed E-state index contributed by atoms with van der Waals surface area (Å²) in [5, 5.41) is 0. The SMILES string of the molecule is CCCCCC.C[N+](C)(C)C. The Morgan fingerprint density at radius 2 is 0.909 bits per heavy atom. The van der Waals surface area contributed by atoms with Crippen LogP contribution in [0.15, 0.2) is 0 Å². The van der Waals surface area contributed by atoms with Crippen LogP contribution in [0.1, 0.15) is 39.5 Å². The van der Waals surface area contributed by atoms with E-state index >= 15 is 0 Å². The van der Waals surface area contributed by atoms with Gasteiger partial charge in [0.2, 0.25) is 0 Å². The third kappa shape index (κ3) is 72.0. The van der Waals surface area contributed by atoms with Crippen LogP contribution in [0.5, 0.6) is 0 Å². The number of rotatable bonds is 3. The molecule has 11 heavy (non-hydrogen) atoms. The zero-order valence-electron chi connectivity index (χ0n) is 9.28. The van der Waals surface area contributed by atoms with Crippen molar-refractivity contribution in [3.8, 4) is 0 Å². The highest BCUT2D eigenvalue weighted by molar-refractivity contribution is 4.31. The Hall–Kier alpha value is -0.0400. The summed E-state index contributed by atoms with van der Waals surface area (Å²) in [7, 11) is 8.50. The Morgan fingerprint density at radius 1 is 0.727 bits per heavy atom. The van der Waals surface area contributed by atoms with E-state index in [1.54, 1.807) is 0 Å². The fourth-order valence-electron chi connectivity index (χ4n) is 0.500. The lowest BCUT2D eigenvalue weighted by atomic mass is 10.2. The van der Waals surface area contributed by atoms with E-state index in [4.69, 9.17) is 0 Å². The summed E-state index contributed by atoms with van der Waals surface area (Å²) in [4.78, 5) is 0. The van der Waals surface area contributed by atoms with Crippen LogP contribution in [-0.4, -0.2) is 32.7 Å². The van der Waals surface area contributed by atoms with Crippen LogP contribution >= 0.6 is 0 Å². The standard InChI is InChI=1S/C6H14.C4H12N/c1-3-5-6-4-2;1-5(2,3)4/h3-6H2,1-2H3;1-4H3/q;+1. The van der Waals surface area contributed by atoms with Crippen LogP contribution in [0.3, 0.4) is 0 Å². The van der Waals surface area contributed by atoms with Crippen molar-refractivity contribution in [1.82, 2.24) is 0 Å². The molecule has 0 atom stereocenters. The molecule has 0 amide bonds. The fraction of sp³-hybridized carbons (Fsp3) is 1.00. The van der Waals surface area contributed by atoms with Crippen molar-refractivity contribution >= 4 is 0 Å². The first-order valence-electron chi connectivity index (χ1n) is 4.70. The van der Waals surface area contributed by atoms with E-state index in [-0.39, 0.29) is 0 Å². The number of unbranched alkanes of at least 4 members (excludes halogenated alkanes) is 3. The summed E-state index contributed by atoms with van der Waals surface area (Å²) in [5.41, 5.74) is 0. The van der Waals surface area contributed by atoms with Crippen molar-refractivity contribution in [2.45, 2.75) is 39.5 Å². The van der Waals surface area contributed by atoms with E-state index in [1.807, 2.05) is 0 Å². The van der Waals surface area contributed by atoms with E-state index < -0.39 is 0 Å². The molecule has 0 bridgehead atoms. The summed E-state index contributed by atoms with van der Waals surface area (Å²) in [6.07, 6.45) is 5.54. The van der Waals surface area contributed by atoms with Gasteiger partial charge < -0.3 is 4.48 Å². The second-order valence-corrected chi connectivity index (χ2v) is 4.39. The van der Waals surface area contributed by atoms with E-state index in [9.17, 15) is 0 Å². The van der Waals surface area contributed by atoms with E-state index in [0.717, 1.165) is 4.48 Å². The molecule has 1 nitrogen and oxygen atoms in total. The van der Waals surface area contributed by atoms with Gasteiger partial charge in [0.1, 0.15) is 0 Å². The maximum Gasteiger partial charge on any atom is 0.0675 e. The van der Waals surface area contributed by atoms with Gasteiger partial charge in [-0.2, -0.15) is 0 Å². The quantitative estimate of drug-likeness (QED) is 0.440. The first-order valence-corrected chi connectivity index (χ1v) is 4.70. The highest BCUT2D eigenvalue weighted by Gasteiger charge is 1.88. The van der Waals surface area contributed by atoms with Crippen LogP contribution in [0.4, 0.5) is 0 Å². The lowest BCUT2D eigenvalue weighted by Gasteiger charge is -2.14. The number of quaternary nitrogens is 1. The molecule has 0 aromatic heterocycles. The van der Waals surface area contributed by atoms with Gasteiger partial charge in [-0.25, -0.2) is 0 Å². The van der Waals surface area contributed by atoms with Gasteiger partial charge in [0, 0.05) is 0 Å². The summed E-state index contributed by atoms with van der Waals surface area (Å²) >= 11 is 0. The average molecular weight is 160 g/mol. The van der Waals surface area contributed by atoms with Crippen LogP contribution in [0.2, 0.25) is 0 Å². The van der Waals surface area contributed by atoms with Crippen molar-refractivity contribution in [3.05, 3.63) is 0 Å². The first kappa shape index (κ1) is 13.5. The molecule has 0 aliphatic heterocycles. The third-order valence-corrected chi connectivity index (χ3v) is 0.957. The Bertz CT molecular complexity index is 51.8. The summed E-state index contributed by atoms with van der Waals surface area (Å²) in [5.74, 6) is 0. The van der Waals surface area contributed by atoms with Gasteiger partial charge in [-0.1, -0.05) is 39.5 Å². The molecule has 0 saturated heterocycles.